The Balaban J connectivity index is 1.77. The highest BCUT2D eigenvalue weighted by molar-refractivity contribution is 4.97. The van der Waals surface area contributed by atoms with Gasteiger partial charge in [-0.3, -0.25) is 0 Å². The van der Waals surface area contributed by atoms with Crippen LogP contribution in [0.3, 0.4) is 0 Å². The van der Waals surface area contributed by atoms with Crippen molar-refractivity contribution in [1.29, 1.82) is 0 Å². The molecule has 1 heterocycles. The van der Waals surface area contributed by atoms with Gasteiger partial charge in [-0.2, -0.15) is 0 Å². The van der Waals surface area contributed by atoms with E-state index in [0.29, 0.717) is 5.41 Å². The van der Waals surface area contributed by atoms with Crippen molar-refractivity contribution >= 4 is 0 Å². The van der Waals surface area contributed by atoms with Gasteiger partial charge in [0.15, 0.2) is 0 Å². The van der Waals surface area contributed by atoms with Gasteiger partial charge in [0, 0.05) is 18.6 Å². The smallest absolute Gasteiger partial charge is 0.0120 e. The zero-order valence-corrected chi connectivity index (χ0v) is 11.6. The third kappa shape index (κ3) is 2.60. The third-order valence-corrected chi connectivity index (χ3v) is 4.95. The quantitative estimate of drug-likeness (QED) is 0.791. The molecule has 0 radical (unpaired) electrons. The van der Waals surface area contributed by atoms with Crippen LogP contribution in [0.1, 0.15) is 40.5 Å². The van der Waals surface area contributed by atoms with Crippen LogP contribution in [0, 0.1) is 17.3 Å². The Hall–Kier alpha value is -0.0800. The van der Waals surface area contributed by atoms with Crippen LogP contribution in [0.15, 0.2) is 0 Å². The fourth-order valence-electron chi connectivity index (χ4n) is 3.04. The molecule has 1 aliphatic carbocycles. The van der Waals surface area contributed by atoms with Crippen LogP contribution in [0.5, 0.6) is 0 Å². The van der Waals surface area contributed by atoms with Crippen molar-refractivity contribution in [2.75, 3.05) is 20.1 Å². The Kier molecular flexibility index (Phi) is 3.33. The van der Waals surface area contributed by atoms with E-state index in [1.54, 1.807) is 0 Å². The molecule has 2 rings (SSSR count). The molecular formula is C14H28N2. The minimum atomic E-state index is 0.618. The first-order valence-corrected chi connectivity index (χ1v) is 6.84. The zero-order valence-electron chi connectivity index (χ0n) is 11.6. The van der Waals surface area contributed by atoms with Crippen molar-refractivity contribution in [3.8, 4) is 0 Å². The molecule has 4 atom stereocenters. The summed E-state index contributed by atoms with van der Waals surface area (Å²) in [6, 6.07) is 1.48. The van der Waals surface area contributed by atoms with Crippen molar-refractivity contribution < 1.29 is 0 Å². The average Bonchev–Trinajstić information content (AvgIpc) is 2.78. The molecule has 0 aromatic rings. The molecule has 0 spiro atoms. The zero-order chi connectivity index (χ0) is 11.9. The molecule has 1 saturated heterocycles. The van der Waals surface area contributed by atoms with Gasteiger partial charge < -0.3 is 10.2 Å². The van der Waals surface area contributed by atoms with Crippen molar-refractivity contribution in [3.63, 3.8) is 0 Å². The van der Waals surface area contributed by atoms with Gasteiger partial charge in [0.2, 0.25) is 0 Å². The average molecular weight is 224 g/mol. The predicted molar refractivity (Wildman–Crippen MR) is 69.6 cm³/mol. The number of likely N-dealkylation sites (tertiary alicyclic amines) is 1. The molecule has 4 unspecified atom stereocenters. The molecule has 2 aliphatic rings. The Morgan fingerprint density at radius 2 is 1.94 bits per heavy atom. The summed E-state index contributed by atoms with van der Waals surface area (Å²) in [6.07, 6.45) is 2.72. The fraction of sp³-hybridized carbons (Fsp3) is 1.00. The van der Waals surface area contributed by atoms with Crippen LogP contribution in [0.4, 0.5) is 0 Å². The molecule has 16 heavy (non-hydrogen) atoms. The molecule has 2 heteroatoms. The third-order valence-electron chi connectivity index (χ3n) is 4.95. The molecule has 0 aromatic carbocycles. The number of nitrogens with zero attached hydrogens (tertiary/aromatic N) is 1. The van der Waals surface area contributed by atoms with Crippen molar-refractivity contribution in [2.45, 2.75) is 52.6 Å². The van der Waals surface area contributed by atoms with Gasteiger partial charge in [0.05, 0.1) is 0 Å². The number of hydrogen-bond donors (Lipinski definition) is 1. The lowest BCUT2D eigenvalue weighted by Crippen LogP contribution is -2.51. The highest BCUT2D eigenvalue weighted by Gasteiger charge is 2.45. The van der Waals surface area contributed by atoms with E-state index < -0.39 is 0 Å². The van der Waals surface area contributed by atoms with Gasteiger partial charge in [-0.25, -0.2) is 0 Å². The van der Waals surface area contributed by atoms with Crippen LogP contribution < -0.4 is 5.32 Å². The van der Waals surface area contributed by atoms with Crippen molar-refractivity contribution in [1.82, 2.24) is 10.2 Å². The fourth-order valence-corrected chi connectivity index (χ4v) is 3.04. The summed E-state index contributed by atoms with van der Waals surface area (Å²) < 4.78 is 0. The van der Waals surface area contributed by atoms with Gasteiger partial charge in [0.1, 0.15) is 0 Å². The van der Waals surface area contributed by atoms with Crippen LogP contribution in [-0.4, -0.2) is 37.1 Å². The second kappa shape index (κ2) is 4.30. The van der Waals surface area contributed by atoms with E-state index >= 15 is 0 Å². The second-order valence-electron chi connectivity index (χ2n) is 6.91. The Morgan fingerprint density at radius 3 is 2.50 bits per heavy atom. The molecule has 1 saturated carbocycles. The molecule has 2 nitrogen and oxygen atoms in total. The topological polar surface area (TPSA) is 15.3 Å². The highest BCUT2D eigenvalue weighted by Crippen LogP contribution is 2.51. The molecule has 0 aromatic heterocycles. The van der Waals surface area contributed by atoms with Crippen LogP contribution in [0.25, 0.3) is 0 Å². The summed E-state index contributed by atoms with van der Waals surface area (Å²) in [5.41, 5.74) is 0.618. The first-order valence-electron chi connectivity index (χ1n) is 6.84. The lowest BCUT2D eigenvalue weighted by atomic mass is 9.89. The van der Waals surface area contributed by atoms with E-state index in [-0.39, 0.29) is 0 Å². The van der Waals surface area contributed by atoms with Gasteiger partial charge in [-0.1, -0.05) is 20.8 Å². The molecular weight excluding hydrogens is 196 g/mol. The van der Waals surface area contributed by atoms with Crippen LogP contribution >= 0.6 is 0 Å². The Morgan fingerprint density at radius 1 is 1.31 bits per heavy atom. The number of hydrogen-bond acceptors (Lipinski definition) is 2. The van der Waals surface area contributed by atoms with Gasteiger partial charge in [0.25, 0.3) is 0 Å². The number of piperidine rings is 1. The SMILES string of the molecule is CC1CN(C)C(C)CC1NCC1CC1(C)C. The molecule has 2 fully saturated rings. The van der Waals surface area contributed by atoms with Crippen molar-refractivity contribution in [2.24, 2.45) is 17.3 Å². The summed E-state index contributed by atoms with van der Waals surface area (Å²) in [5.74, 6) is 1.72. The molecule has 94 valence electrons. The highest BCUT2D eigenvalue weighted by atomic mass is 15.2. The first kappa shape index (κ1) is 12.4. The van der Waals surface area contributed by atoms with Gasteiger partial charge >= 0.3 is 0 Å². The van der Waals surface area contributed by atoms with Gasteiger partial charge in [-0.15, -0.1) is 0 Å². The molecule has 1 N–H and O–H groups in total. The molecule has 1 aliphatic heterocycles. The normalized spacial score (nSPS) is 43.3. The lowest BCUT2D eigenvalue weighted by Gasteiger charge is -2.40. The minimum Gasteiger partial charge on any atom is -0.313 e. The largest absolute Gasteiger partial charge is 0.313 e. The van der Waals surface area contributed by atoms with E-state index in [1.165, 1.54) is 25.9 Å². The van der Waals surface area contributed by atoms with Crippen LogP contribution in [-0.2, 0) is 0 Å². The maximum absolute atomic E-state index is 3.81. The van der Waals surface area contributed by atoms with E-state index in [1.807, 2.05) is 0 Å². The maximum Gasteiger partial charge on any atom is 0.0120 e. The Labute approximate surface area is 101 Å². The minimum absolute atomic E-state index is 0.618. The van der Waals surface area contributed by atoms with Crippen molar-refractivity contribution in [3.05, 3.63) is 0 Å². The molecule has 0 bridgehead atoms. The van der Waals surface area contributed by atoms with Gasteiger partial charge in [-0.05, 0) is 50.6 Å². The summed E-state index contributed by atoms with van der Waals surface area (Å²) >= 11 is 0. The number of rotatable bonds is 3. The maximum atomic E-state index is 3.81. The van der Waals surface area contributed by atoms with E-state index in [2.05, 4.69) is 45.0 Å². The summed E-state index contributed by atoms with van der Waals surface area (Å²) in [4.78, 5) is 2.49. The first-order chi connectivity index (χ1) is 7.40. The van der Waals surface area contributed by atoms with E-state index in [9.17, 15) is 0 Å². The summed E-state index contributed by atoms with van der Waals surface area (Å²) in [6.45, 7) is 12.0. The van der Waals surface area contributed by atoms with Crippen LogP contribution in [0.2, 0.25) is 0 Å². The molecule has 0 amide bonds. The van der Waals surface area contributed by atoms with E-state index in [4.69, 9.17) is 0 Å². The second-order valence-corrected chi connectivity index (χ2v) is 6.91. The van der Waals surface area contributed by atoms with E-state index in [0.717, 1.165) is 23.9 Å². The number of nitrogens with one attached hydrogen (secondary N) is 1. The standard InChI is InChI=1S/C14H28N2/c1-10-9-16(5)11(2)6-13(10)15-8-12-7-14(12,3)4/h10-13,15H,6-9H2,1-5H3. The predicted octanol–water partition coefficient (Wildman–Crippen LogP) is 2.35. The lowest BCUT2D eigenvalue weighted by molar-refractivity contribution is 0.121. The summed E-state index contributed by atoms with van der Waals surface area (Å²) in [7, 11) is 2.25. The summed E-state index contributed by atoms with van der Waals surface area (Å²) in [5, 5.41) is 3.81. The Bertz CT molecular complexity index is 249. The monoisotopic (exact) mass is 224 g/mol.